The summed E-state index contributed by atoms with van der Waals surface area (Å²) in [4.78, 5) is 26.1. The Morgan fingerprint density at radius 3 is 2.61 bits per heavy atom. The highest BCUT2D eigenvalue weighted by atomic mass is 16.6. The third-order valence-corrected chi connectivity index (χ3v) is 3.42. The second kappa shape index (κ2) is 6.27. The first kappa shape index (κ1) is 14.7. The number of aryl methyl sites for hydroxylation is 1. The Labute approximate surface area is 131 Å². The van der Waals surface area contributed by atoms with Gasteiger partial charge in [-0.3, -0.25) is 14.9 Å². The van der Waals surface area contributed by atoms with Gasteiger partial charge in [-0.05, 0) is 30.3 Å². The average molecular weight is 311 g/mol. The minimum Gasteiger partial charge on any atom is -0.406 e. The number of benzene rings is 1. The first-order chi connectivity index (χ1) is 11.1. The lowest BCUT2D eigenvalue weighted by atomic mass is 10.1. The van der Waals surface area contributed by atoms with E-state index in [1.165, 1.54) is 12.1 Å². The lowest BCUT2D eigenvalue weighted by molar-refractivity contribution is -0.402. The summed E-state index contributed by atoms with van der Waals surface area (Å²) in [6.45, 7) is 0. The number of hydrogen-bond acceptors (Lipinski definition) is 5. The summed E-state index contributed by atoms with van der Waals surface area (Å²) in [7, 11) is 0. The number of carbonyl (C=O) groups excluding carboxylic acids is 1. The molecule has 1 aromatic carbocycles. The van der Waals surface area contributed by atoms with E-state index in [0.717, 1.165) is 5.69 Å². The van der Waals surface area contributed by atoms with E-state index in [-0.39, 0.29) is 18.1 Å². The molecule has 3 rings (SSSR count). The van der Waals surface area contributed by atoms with Crippen molar-refractivity contribution in [3.63, 3.8) is 0 Å². The fourth-order valence-electron chi connectivity index (χ4n) is 2.21. The molecule has 0 fully saturated rings. The van der Waals surface area contributed by atoms with Gasteiger partial charge in [0.1, 0.15) is 10.7 Å². The van der Waals surface area contributed by atoms with Crippen molar-refractivity contribution in [2.24, 2.45) is 0 Å². The van der Waals surface area contributed by atoms with Gasteiger partial charge in [0, 0.05) is 36.5 Å². The molecular formula is C16H13N3O4. The van der Waals surface area contributed by atoms with Crippen LogP contribution >= 0.6 is 0 Å². The Morgan fingerprint density at radius 2 is 2.00 bits per heavy atom. The van der Waals surface area contributed by atoms with Gasteiger partial charge in [0.2, 0.25) is 0 Å². The average Bonchev–Trinajstić information content (AvgIpc) is 3.24. The third kappa shape index (κ3) is 3.34. The van der Waals surface area contributed by atoms with Crippen molar-refractivity contribution in [1.82, 2.24) is 9.55 Å². The van der Waals surface area contributed by atoms with Crippen molar-refractivity contribution in [2.45, 2.75) is 12.8 Å². The molecule has 116 valence electrons. The molecule has 0 saturated carbocycles. The lowest BCUT2D eigenvalue weighted by Crippen LogP contribution is -2.01. The van der Waals surface area contributed by atoms with Gasteiger partial charge in [-0.25, -0.2) is 4.98 Å². The van der Waals surface area contributed by atoms with Gasteiger partial charge in [-0.1, -0.05) is 0 Å². The second-order valence-electron chi connectivity index (χ2n) is 4.94. The molecule has 0 unspecified atom stereocenters. The molecule has 0 atom stereocenters. The number of ketones is 1. The number of aromatic nitrogens is 2. The molecule has 7 nitrogen and oxygen atoms in total. The van der Waals surface area contributed by atoms with E-state index in [1.807, 2.05) is 22.9 Å². The summed E-state index contributed by atoms with van der Waals surface area (Å²) in [5.74, 6) is 0.0819. The predicted molar refractivity (Wildman–Crippen MR) is 81.6 cm³/mol. The van der Waals surface area contributed by atoms with E-state index in [2.05, 4.69) is 4.98 Å². The summed E-state index contributed by atoms with van der Waals surface area (Å²) >= 11 is 0. The number of imidazole rings is 1. The highest BCUT2D eigenvalue weighted by molar-refractivity contribution is 5.96. The molecule has 0 saturated heterocycles. The standard InChI is InChI=1S/C16H13N3O4/c20-15(7-5-14-6-8-16(23-14)19(21)22)12-1-3-13(4-2-12)18-10-9-17-11-18/h1-4,6,8-11H,5,7H2. The molecule has 23 heavy (non-hydrogen) atoms. The fourth-order valence-corrected chi connectivity index (χ4v) is 2.21. The van der Waals surface area contributed by atoms with Gasteiger partial charge in [0.25, 0.3) is 0 Å². The molecule has 7 heteroatoms. The van der Waals surface area contributed by atoms with Gasteiger partial charge >= 0.3 is 5.88 Å². The third-order valence-electron chi connectivity index (χ3n) is 3.42. The number of rotatable bonds is 6. The summed E-state index contributed by atoms with van der Waals surface area (Å²) < 4.78 is 6.88. The van der Waals surface area contributed by atoms with Gasteiger partial charge in [0.15, 0.2) is 5.78 Å². The topological polar surface area (TPSA) is 91.2 Å². The van der Waals surface area contributed by atoms with Crippen LogP contribution in [0.1, 0.15) is 22.5 Å². The Morgan fingerprint density at radius 1 is 1.22 bits per heavy atom. The van der Waals surface area contributed by atoms with Crippen LogP contribution < -0.4 is 0 Å². The van der Waals surface area contributed by atoms with Crippen molar-refractivity contribution >= 4 is 11.7 Å². The summed E-state index contributed by atoms with van der Waals surface area (Å²) in [5.41, 5.74) is 1.51. The van der Waals surface area contributed by atoms with Crippen LogP contribution in [0.3, 0.4) is 0 Å². The zero-order chi connectivity index (χ0) is 16.2. The van der Waals surface area contributed by atoms with E-state index >= 15 is 0 Å². The number of carbonyl (C=O) groups is 1. The molecule has 0 spiro atoms. The first-order valence-electron chi connectivity index (χ1n) is 6.98. The second-order valence-corrected chi connectivity index (χ2v) is 4.94. The minimum atomic E-state index is -0.597. The maximum Gasteiger partial charge on any atom is 0.433 e. The van der Waals surface area contributed by atoms with Crippen LogP contribution in [0.25, 0.3) is 5.69 Å². The lowest BCUT2D eigenvalue weighted by Gasteiger charge is -2.04. The smallest absolute Gasteiger partial charge is 0.406 e. The maximum atomic E-state index is 12.2. The summed E-state index contributed by atoms with van der Waals surface area (Å²) in [6.07, 6.45) is 5.74. The Balaban J connectivity index is 1.62. The minimum absolute atomic E-state index is 0.0405. The summed E-state index contributed by atoms with van der Waals surface area (Å²) in [5, 5.41) is 10.5. The van der Waals surface area contributed by atoms with Crippen LogP contribution in [-0.2, 0) is 6.42 Å². The van der Waals surface area contributed by atoms with Gasteiger partial charge in [-0.15, -0.1) is 0 Å². The van der Waals surface area contributed by atoms with Crippen LogP contribution in [0.15, 0.2) is 59.5 Å². The number of nitro groups is 1. The zero-order valence-electron chi connectivity index (χ0n) is 12.1. The van der Waals surface area contributed by atoms with Crippen LogP contribution in [0.2, 0.25) is 0 Å². The zero-order valence-corrected chi connectivity index (χ0v) is 12.1. The number of Topliss-reactive ketones (excluding diaryl/α,β-unsaturated/α-hetero) is 1. The van der Waals surface area contributed by atoms with E-state index in [9.17, 15) is 14.9 Å². The normalized spacial score (nSPS) is 10.6. The van der Waals surface area contributed by atoms with Crippen molar-refractivity contribution in [1.29, 1.82) is 0 Å². The Kier molecular flexibility index (Phi) is 4.01. The molecule has 0 aliphatic rings. The maximum absolute atomic E-state index is 12.2. The quantitative estimate of drug-likeness (QED) is 0.396. The van der Waals surface area contributed by atoms with Crippen molar-refractivity contribution < 1.29 is 14.1 Å². The molecule has 0 amide bonds. The van der Waals surface area contributed by atoms with E-state index < -0.39 is 4.92 Å². The Hall–Kier alpha value is -3.22. The molecule has 0 bridgehead atoms. The van der Waals surface area contributed by atoms with Crippen LogP contribution in [0.5, 0.6) is 0 Å². The predicted octanol–water partition coefficient (Wildman–Crippen LogP) is 3.19. The molecule has 0 N–H and O–H groups in total. The van der Waals surface area contributed by atoms with Gasteiger partial charge in [0.05, 0.1) is 12.4 Å². The largest absolute Gasteiger partial charge is 0.433 e. The molecule has 3 aromatic rings. The molecule has 2 aromatic heterocycles. The van der Waals surface area contributed by atoms with Gasteiger partial charge < -0.3 is 8.98 Å². The van der Waals surface area contributed by atoms with Gasteiger partial charge in [-0.2, -0.15) is 0 Å². The molecular weight excluding hydrogens is 298 g/mol. The van der Waals surface area contributed by atoms with E-state index in [1.54, 1.807) is 24.7 Å². The van der Waals surface area contributed by atoms with E-state index in [0.29, 0.717) is 17.7 Å². The highest BCUT2D eigenvalue weighted by Crippen LogP contribution is 2.18. The molecule has 0 aliphatic heterocycles. The Bertz CT molecular complexity index is 819. The van der Waals surface area contributed by atoms with Crippen LogP contribution in [0, 0.1) is 10.1 Å². The van der Waals surface area contributed by atoms with Crippen molar-refractivity contribution in [3.05, 3.63) is 76.6 Å². The molecule has 0 radical (unpaired) electrons. The van der Waals surface area contributed by atoms with Crippen molar-refractivity contribution in [2.75, 3.05) is 0 Å². The highest BCUT2D eigenvalue weighted by Gasteiger charge is 2.13. The number of hydrogen-bond donors (Lipinski definition) is 0. The first-order valence-corrected chi connectivity index (χ1v) is 6.98. The van der Waals surface area contributed by atoms with Crippen LogP contribution in [-0.4, -0.2) is 20.3 Å². The SMILES string of the molecule is O=C(CCc1ccc([N+](=O)[O-])o1)c1ccc(-n2ccnc2)cc1. The van der Waals surface area contributed by atoms with Crippen molar-refractivity contribution in [3.8, 4) is 5.69 Å². The van der Waals surface area contributed by atoms with E-state index in [4.69, 9.17) is 4.42 Å². The number of furan rings is 1. The summed E-state index contributed by atoms with van der Waals surface area (Å²) in [6, 6.07) is 10.00. The number of nitrogens with zero attached hydrogens (tertiary/aromatic N) is 3. The fraction of sp³-hybridized carbons (Fsp3) is 0.125. The monoisotopic (exact) mass is 311 g/mol. The molecule has 0 aliphatic carbocycles. The molecule has 2 heterocycles. The van der Waals surface area contributed by atoms with Crippen LogP contribution in [0.4, 0.5) is 5.88 Å².